The predicted molar refractivity (Wildman–Crippen MR) is 88.5 cm³/mol. The van der Waals surface area contributed by atoms with Crippen LogP contribution in [-0.2, 0) is 0 Å². The number of aliphatic hydroxyl groups is 1. The lowest BCUT2D eigenvalue weighted by atomic mass is 10.1. The maximum atomic E-state index is 13.3. The molecule has 0 spiro atoms. The Labute approximate surface area is 140 Å². The lowest BCUT2D eigenvalue weighted by Gasteiger charge is -2.24. The third kappa shape index (κ3) is 3.57. The number of benzene rings is 2. The first-order valence-electron chi connectivity index (χ1n) is 7.92. The van der Waals surface area contributed by atoms with Crippen molar-refractivity contribution in [2.75, 3.05) is 19.7 Å². The van der Waals surface area contributed by atoms with Crippen LogP contribution in [0.2, 0.25) is 0 Å². The molecule has 0 aliphatic carbocycles. The Kier molecular flexibility index (Phi) is 4.53. The molecule has 2 aromatic rings. The average Bonchev–Trinajstić information content (AvgIpc) is 2.96. The van der Waals surface area contributed by atoms with E-state index in [1.807, 2.05) is 31.2 Å². The maximum absolute atomic E-state index is 13.3. The van der Waals surface area contributed by atoms with Gasteiger partial charge in [0.2, 0.25) is 0 Å². The normalized spacial score (nSPS) is 20.2. The number of carbonyl (C=O) groups excluding carboxylic acids is 1. The fraction of sp³-hybridized carbons (Fsp3) is 0.316. The Morgan fingerprint density at radius 1 is 1.29 bits per heavy atom. The zero-order chi connectivity index (χ0) is 17.2. The lowest BCUT2D eigenvalue weighted by molar-refractivity contribution is 0.00412. The van der Waals surface area contributed by atoms with Gasteiger partial charge in [0, 0.05) is 12.1 Å². The molecular weight excluding hydrogens is 309 g/mol. The summed E-state index contributed by atoms with van der Waals surface area (Å²) in [6, 6.07) is 13.2. The van der Waals surface area contributed by atoms with Crippen molar-refractivity contribution in [1.82, 2.24) is 4.90 Å². The highest BCUT2D eigenvalue weighted by molar-refractivity contribution is 5.94. The second kappa shape index (κ2) is 6.61. The molecule has 1 saturated heterocycles. The van der Waals surface area contributed by atoms with Gasteiger partial charge in [-0.15, -0.1) is 0 Å². The number of para-hydroxylation sites is 1. The number of β-amino-alcohol motifs (C(OH)–C–C–N with tert-alkyl or cyclic N) is 1. The molecule has 1 aliphatic heterocycles. The first kappa shape index (κ1) is 16.5. The summed E-state index contributed by atoms with van der Waals surface area (Å²) in [6.07, 6.45) is 0.430. The van der Waals surface area contributed by atoms with Crippen LogP contribution in [0.1, 0.15) is 22.3 Å². The van der Waals surface area contributed by atoms with Crippen molar-refractivity contribution in [3.63, 3.8) is 0 Å². The van der Waals surface area contributed by atoms with E-state index in [1.165, 1.54) is 23.1 Å². The number of likely N-dealkylation sites (tertiary alicyclic amines) is 1. The van der Waals surface area contributed by atoms with Gasteiger partial charge in [0.25, 0.3) is 5.91 Å². The monoisotopic (exact) mass is 329 g/mol. The van der Waals surface area contributed by atoms with Gasteiger partial charge in [-0.2, -0.15) is 0 Å². The van der Waals surface area contributed by atoms with Crippen LogP contribution in [0, 0.1) is 12.7 Å². The molecule has 0 saturated carbocycles. The van der Waals surface area contributed by atoms with E-state index in [0.717, 1.165) is 11.3 Å². The molecule has 3 rings (SSSR count). The fourth-order valence-corrected chi connectivity index (χ4v) is 2.88. The van der Waals surface area contributed by atoms with E-state index in [4.69, 9.17) is 4.74 Å². The summed E-state index contributed by atoms with van der Waals surface area (Å²) in [5.74, 6) is 0.000318. The summed E-state index contributed by atoms with van der Waals surface area (Å²) in [5.41, 5.74) is 0.191. The van der Waals surface area contributed by atoms with Crippen molar-refractivity contribution in [2.45, 2.75) is 18.9 Å². The van der Waals surface area contributed by atoms with Gasteiger partial charge in [-0.1, -0.05) is 24.3 Å². The third-order valence-corrected chi connectivity index (χ3v) is 4.28. The number of nitrogens with zero attached hydrogens (tertiary/aromatic N) is 1. The summed E-state index contributed by atoms with van der Waals surface area (Å²) in [4.78, 5) is 14.0. The minimum atomic E-state index is -1.09. The number of rotatable bonds is 4. The summed E-state index contributed by atoms with van der Waals surface area (Å²) in [6.45, 7) is 2.65. The second-order valence-electron chi connectivity index (χ2n) is 6.27. The van der Waals surface area contributed by atoms with Gasteiger partial charge in [-0.3, -0.25) is 4.79 Å². The Morgan fingerprint density at radius 2 is 2.08 bits per heavy atom. The van der Waals surface area contributed by atoms with Gasteiger partial charge in [-0.05, 0) is 43.2 Å². The number of hydrogen-bond donors (Lipinski definition) is 1. The first-order valence-corrected chi connectivity index (χ1v) is 7.92. The lowest BCUT2D eigenvalue weighted by Crippen LogP contribution is -2.40. The van der Waals surface area contributed by atoms with E-state index in [9.17, 15) is 14.3 Å². The molecule has 5 heteroatoms. The summed E-state index contributed by atoms with van der Waals surface area (Å²) < 4.78 is 19.0. The molecule has 1 fully saturated rings. The minimum absolute atomic E-state index is 0.116. The Morgan fingerprint density at radius 3 is 2.83 bits per heavy atom. The topological polar surface area (TPSA) is 49.8 Å². The standard InChI is InChI=1S/C19H20FNO3/c1-14-5-2-3-8-17(14)24-13-19(23)9-10-21(12-19)18(22)15-6-4-7-16(20)11-15/h2-8,11,23H,9-10,12-13H2,1H3. The van der Waals surface area contributed by atoms with Crippen LogP contribution >= 0.6 is 0 Å². The highest BCUT2D eigenvalue weighted by Crippen LogP contribution is 2.25. The van der Waals surface area contributed by atoms with Crippen LogP contribution in [-0.4, -0.2) is 41.2 Å². The number of carbonyl (C=O) groups is 1. The van der Waals surface area contributed by atoms with Gasteiger partial charge in [-0.25, -0.2) is 4.39 Å². The Hall–Kier alpha value is -2.40. The van der Waals surface area contributed by atoms with Gasteiger partial charge in [0.1, 0.15) is 23.8 Å². The van der Waals surface area contributed by atoms with E-state index in [1.54, 1.807) is 6.07 Å². The molecule has 24 heavy (non-hydrogen) atoms. The molecule has 1 aliphatic rings. The van der Waals surface area contributed by atoms with Crippen LogP contribution in [0.15, 0.2) is 48.5 Å². The average molecular weight is 329 g/mol. The van der Waals surface area contributed by atoms with E-state index in [2.05, 4.69) is 0 Å². The van der Waals surface area contributed by atoms with Crippen molar-refractivity contribution >= 4 is 5.91 Å². The quantitative estimate of drug-likeness (QED) is 0.938. The number of amides is 1. The van der Waals surface area contributed by atoms with Crippen molar-refractivity contribution in [1.29, 1.82) is 0 Å². The highest BCUT2D eigenvalue weighted by atomic mass is 19.1. The van der Waals surface area contributed by atoms with Crippen LogP contribution in [0.5, 0.6) is 5.75 Å². The predicted octanol–water partition coefficient (Wildman–Crippen LogP) is 2.79. The molecular formula is C19H20FNO3. The molecule has 0 bridgehead atoms. The summed E-state index contributed by atoms with van der Waals surface area (Å²) in [5, 5.41) is 10.7. The molecule has 0 radical (unpaired) electrons. The SMILES string of the molecule is Cc1ccccc1OCC1(O)CCN(C(=O)c2cccc(F)c2)C1. The zero-order valence-electron chi connectivity index (χ0n) is 13.5. The van der Waals surface area contributed by atoms with E-state index < -0.39 is 11.4 Å². The third-order valence-electron chi connectivity index (χ3n) is 4.28. The van der Waals surface area contributed by atoms with Crippen LogP contribution in [0.4, 0.5) is 4.39 Å². The van der Waals surface area contributed by atoms with Crippen LogP contribution in [0.25, 0.3) is 0 Å². The minimum Gasteiger partial charge on any atom is -0.490 e. The fourth-order valence-electron chi connectivity index (χ4n) is 2.88. The molecule has 1 N–H and O–H groups in total. The maximum Gasteiger partial charge on any atom is 0.254 e. The zero-order valence-corrected chi connectivity index (χ0v) is 13.5. The van der Waals surface area contributed by atoms with Gasteiger partial charge < -0.3 is 14.7 Å². The van der Waals surface area contributed by atoms with Gasteiger partial charge in [0.05, 0.1) is 6.54 Å². The largest absolute Gasteiger partial charge is 0.490 e. The van der Waals surface area contributed by atoms with E-state index >= 15 is 0 Å². The molecule has 1 unspecified atom stereocenters. The van der Waals surface area contributed by atoms with Crippen molar-refractivity contribution in [3.8, 4) is 5.75 Å². The van der Waals surface area contributed by atoms with Crippen molar-refractivity contribution < 1.29 is 19.0 Å². The molecule has 1 heterocycles. The highest BCUT2D eigenvalue weighted by Gasteiger charge is 2.39. The molecule has 0 aromatic heterocycles. The first-order chi connectivity index (χ1) is 11.5. The Bertz CT molecular complexity index is 749. The van der Waals surface area contributed by atoms with E-state index in [0.29, 0.717) is 18.5 Å². The molecule has 126 valence electrons. The van der Waals surface area contributed by atoms with Crippen LogP contribution < -0.4 is 4.74 Å². The number of hydrogen-bond acceptors (Lipinski definition) is 3. The summed E-state index contributed by atoms with van der Waals surface area (Å²) in [7, 11) is 0. The molecule has 2 aromatic carbocycles. The molecule has 1 atom stereocenters. The number of ether oxygens (including phenoxy) is 1. The second-order valence-corrected chi connectivity index (χ2v) is 6.27. The van der Waals surface area contributed by atoms with Gasteiger partial charge in [0.15, 0.2) is 0 Å². The Balaban J connectivity index is 1.63. The molecule has 4 nitrogen and oxygen atoms in total. The van der Waals surface area contributed by atoms with Crippen molar-refractivity contribution in [3.05, 3.63) is 65.5 Å². The van der Waals surface area contributed by atoms with E-state index in [-0.39, 0.29) is 19.1 Å². The smallest absolute Gasteiger partial charge is 0.254 e. The van der Waals surface area contributed by atoms with Crippen LogP contribution in [0.3, 0.4) is 0 Å². The van der Waals surface area contributed by atoms with Gasteiger partial charge >= 0.3 is 0 Å². The summed E-state index contributed by atoms with van der Waals surface area (Å²) >= 11 is 0. The molecule has 1 amide bonds. The number of halogens is 1. The number of aryl methyl sites for hydroxylation is 1. The van der Waals surface area contributed by atoms with Crippen molar-refractivity contribution in [2.24, 2.45) is 0 Å².